The van der Waals surface area contributed by atoms with Crippen molar-refractivity contribution in [1.29, 1.82) is 0 Å². The third-order valence-electron chi connectivity index (χ3n) is 4.78. The van der Waals surface area contributed by atoms with Gasteiger partial charge in [-0.05, 0) is 49.4 Å². The lowest BCUT2D eigenvalue weighted by molar-refractivity contribution is -0.141. The lowest BCUT2D eigenvalue weighted by Crippen LogP contribution is -2.22. The van der Waals surface area contributed by atoms with Gasteiger partial charge in [-0.2, -0.15) is 0 Å². The molecule has 3 rings (SSSR count). The molecule has 0 unspecified atom stereocenters. The fourth-order valence-corrected chi connectivity index (χ4v) is 3.28. The van der Waals surface area contributed by atoms with Crippen molar-refractivity contribution in [3.05, 3.63) is 59.7 Å². The SMILES string of the molecule is Cc1ccc(OCc2ccccc2)c(NC(=O)[C@@H]2CC[C@H](C(=O)O)C2)c1. The van der Waals surface area contributed by atoms with Gasteiger partial charge in [-0.15, -0.1) is 0 Å². The van der Waals surface area contributed by atoms with Crippen molar-refractivity contribution in [2.24, 2.45) is 11.8 Å². The number of amides is 1. The molecule has 5 nitrogen and oxygen atoms in total. The van der Waals surface area contributed by atoms with Crippen LogP contribution in [-0.2, 0) is 16.2 Å². The van der Waals surface area contributed by atoms with Crippen LogP contribution in [0.15, 0.2) is 48.5 Å². The number of anilines is 1. The van der Waals surface area contributed by atoms with E-state index in [-0.39, 0.29) is 11.8 Å². The van der Waals surface area contributed by atoms with E-state index in [4.69, 9.17) is 9.84 Å². The van der Waals surface area contributed by atoms with Gasteiger partial charge in [0.1, 0.15) is 12.4 Å². The monoisotopic (exact) mass is 353 g/mol. The fraction of sp³-hybridized carbons (Fsp3) is 0.333. The maximum Gasteiger partial charge on any atom is 0.306 e. The lowest BCUT2D eigenvalue weighted by Gasteiger charge is -2.16. The van der Waals surface area contributed by atoms with Gasteiger partial charge >= 0.3 is 5.97 Å². The van der Waals surface area contributed by atoms with Gasteiger partial charge < -0.3 is 15.2 Å². The van der Waals surface area contributed by atoms with Gasteiger partial charge in [-0.3, -0.25) is 9.59 Å². The average Bonchev–Trinajstić information content (AvgIpc) is 3.12. The Morgan fingerprint density at radius 3 is 2.54 bits per heavy atom. The van der Waals surface area contributed by atoms with E-state index in [0.717, 1.165) is 11.1 Å². The van der Waals surface area contributed by atoms with Gasteiger partial charge in [0.25, 0.3) is 0 Å². The Hall–Kier alpha value is -2.82. The topological polar surface area (TPSA) is 75.6 Å². The highest BCUT2D eigenvalue weighted by atomic mass is 16.5. The molecule has 0 bridgehead atoms. The quantitative estimate of drug-likeness (QED) is 0.823. The maximum absolute atomic E-state index is 12.6. The van der Waals surface area contributed by atoms with E-state index < -0.39 is 11.9 Å². The summed E-state index contributed by atoms with van der Waals surface area (Å²) in [6.07, 6.45) is 1.56. The molecule has 0 saturated heterocycles. The summed E-state index contributed by atoms with van der Waals surface area (Å²) < 4.78 is 5.89. The number of aryl methyl sites for hydroxylation is 1. The number of carbonyl (C=O) groups is 2. The van der Waals surface area contributed by atoms with Crippen LogP contribution in [0, 0.1) is 18.8 Å². The van der Waals surface area contributed by atoms with Crippen LogP contribution < -0.4 is 10.1 Å². The molecule has 0 aromatic heterocycles. The smallest absolute Gasteiger partial charge is 0.306 e. The molecule has 2 atom stereocenters. The number of aliphatic carboxylic acids is 1. The standard InChI is InChI=1S/C21H23NO4/c1-14-7-10-19(26-13-15-5-3-2-4-6-15)18(11-14)22-20(23)16-8-9-17(12-16)21(24)25/h2-7,10-11,16-17H,8-9,12-13H2,1H3,(H,22,23)(H,24,25)/t16-,17+/m1/s1. The van der Waals surface area contributed by atoms with Crippen LogP contribution in [0.4, 0.5) is 5.69 Å². The molecule has 1 saturated carbocycles. The molecule has 2 aromatic carbocycles. The number of carboxylic acids is 1. The zero-order chi connectivity index (χ0) is 18.5. The minimum absolute atomic E-state index is 0.135. The van der Waals surface area contributed by atoms with Gasteiger partial charge in [-0.25, -0.2) is 0 Å². The predicted octanol–water partition coefficient (Wildman–Crippen LogP) is 4.01. The lowest BCUT2D eigenvalue weighted by atomic mass is 10.0. The van der Waals surface area contributed by atoms with Crippen LogP contribution >= 0.6 is 0 Å². The summed E-state index contributed by atoms with van der Waals surface area (Å²) in [4.78, 5) is 23.7. The number of hydrogen-bond acceptors (Lipinski definition) is 3. The molecule has 1 aliphatic rings. The highest BCUT2D eigenvalue weighted by molar-refractivity contribution is 5.94. The number of rotatable bonds is 6. The van der Waals surface area contributed by atoms with Gasteiger partial charge in [0.2, 0.25) is 5.91 Å². The molecule has 1 amide bonds. The van der Waals surface area contributed by atoms with E-state index in [0.29, 0.717) is 37.3 Å². The summed E-state index contributed by atoms with van der Waals surface area (Å²) in [7, 11) is 0. The molecule has 1 aliphatic carbocycles. The molecule has 0 radical (unpaired) electrons. The van der Waals surface area contributed by atoms with Gasteiger partial charge in [0.05, 0.1) is 11.6 Å². The molecular formula is C21H23NO4. The Morgan fingerprint density at radius 1 is 1.12 bits per heavy atom. The summed E-state index contributed by atoms with van der Waals surface area (Å²) in [5.74, 6) is -1.03. The summed E-state index contributed by atoms with van der Waals surface area (Å²) in [6.45, 7) is 2.37. The largest absolute Gasteiger partial charge is 0.487 e. The molecule has 2 N–H and O–H groups in total. The van der Waals surface area contributed by atoms with Crippen LogP contribution in [0.5, 0.6) is 5.75 Å². The van der Waals surface area contributed by atoms with Crippen molar-refractivity contribution >= 4 is 17.6 Å². The van der Waals surface area contributed by atoms with E-state index >= 15 is 0 Å². The van der Waals surface area contributed by atoms with Gasteiger partial charge in [-0.1, -0.05) is 36.4 Å². The number of nitrogens with one attached hydrogen (secondary N) is 1. The molecule has 0 aliphatic heterocycles. The van der Waals surface area contributed by atoms with Crippen LogP contribution in [0.2, 0.25) is 0 Å². The Morgan fingerprint density at radius 2 is 1.85 bits per heavy atom. The second-order valence-electron chi connectivity index (χ2n) is 6.81. The molecule has 0 heterocycles. The Labute approximate surface area is 153 Å². The second kappa shape index (κ2) is 8.04. The van der Waals surface area contributed by atoms with E-state index in [2.05, 4.69) is 5.32 Å². The van der Waals surface area contributed by atoms with E-state index in [1.165, 1.54) is 0 Å². The molecule has 2 aromatic rings. The highest BCUT2D eigenvalue weighted by Gasteiger charge is 2.34. The van der Waals surface area contributed by atoms with Crippen molar-refractivity contribution in [2.45, 2.75) is 32.8 Å². The Kier molecular flexibility index (Phi) is 5.56. The van der Waals surface area contributed by atoms with Crippen molar-refractivity contribution in [3.63, 3.8) is 0 Å². The molecule has 26 heavy (non-hydrogen) atoms. The Bertz CT molecular complexity index is 788. The Balaban J connectivity index is 1.68. The number of carboxylic acid groups (broad SMARTS) is 1. The number of ether oxygens (including phenoxy) is 1. The van der Waals surface area contributed by atoms with E-state index in [1.807, 2.05) is 55.5 Å². The molecule has 5 heteroatoms. The number of hydrogen-bond donors (Lipinski definition) is 2. The molecule has 0 spiro atoms. The normalized spacial score (nSPS) is 19.1. The maximum atomic E-state index is 12.6. The minimum Gasteiger partial charge on any atom is -0.487 e. The van der Waals surface area contributed by atoms with Crippen molar-refractivity contribution < 1.29 is 19.4 Å². The first kappa shape index (κ1) is 18.0. The first-order valence-corrected chi connectivity index (χ1v) is 8.84. The number of benzene rings is 2. The average molecular weight is 353 g/mol. The fourth-order valence-electron chi connectivity index (χ4n) is 3.28. The minimum atomic E-state index is -0.817. The molecule has 136 valence electrons. The highest BCUT2D eigenvalue weighted by Crippen LogP contribution is 2.33. The third kappa shape index (κ3) is 4.42. The summed E-state index contributed by atoms with van der Waals surface area (Å²) in [5.41, 5.74) is 2.69. The zero-order valence-corrected chi connectivity index (χ0v) is 14.8. The van der Waals surface area contributed by atoms with E-state index in [9.17, 15) is 9.59 Å². The van der Waals surface area contributed by atoms with Crippen LogP contribution in [0.25, 0.3) is 0 Å². The first-order chi connectivity index (χ1) is 12.5. The summed E-state index contributed by atoms with van der Waals surface area (Å²) in [6, 6.07) is 15.5. The zero-order valence-electron chi connectivity index (χ0n) is 14.8. The summed E-state index contributed by atoms with van der Waals surface area (Å²) >= 11 is 0. The number of carbonyl (C=O) groups excluding carboxylic acids is 1. The first-order valence-electron chi connectivity index (χ1n) is 8.84. The van der Waals surface area contributed by atoms with Crippen LogP contribution in [0.3, 0.4) is 0 Å². The van der Waals surface area contributed by atoms with Crippen molar-refractivity contribution in [3.8, 4) is 5.75 Å². The van der Waals surface area contributed by atoms with Crippen LogP contribution in [0.1, 0.15) is 30.4 Å². The van der Waals surface area contributed by atoms with Gasteiger partial charge in [0, 0.05) is 5.92 Å². The van der Waals surface area contributed by atoms with Gasteiger partial charge in [0.15, 0.2) is 0 Å². The predicted molar refractivity (Wildman–Crippen MR) is 99.0 cm³/mol. The van der Waals surface area contributed by atoms with E-state index in [1.54, 1.807) is 0 Å². The second-order valence-corrected chi connectivity index (χ2v) is 6.81. The molecule has 1 fully saturated rings. The third-order valence-corrected chi connectivity index (χ3v) is 4.78. The molecular weight excluding hydrogens is 330 g/mol. The van der Waals surface area contributed by atoms with Crippen molar-refractivity contribution in [2.75, 3.05) is 5.32 Å². The van der Waals surface area contributed by atoms with Crippen molar-refractivity contribution in [1.82, 2.24) is 0 Å². The summed E-state index contributed by atoms with van der Waals surface area (Å²) in [5, 5.41) is 12.0. The van der Waals surface area contributed by atoms with Crippen LogP contribution in [-0.4, -0.2) is 17.0 Å².